The van der Waals surface area contributed by atoms with Gasteiger partial charge in [0.2, 0.25) is 0 Å². The predicted molar refractivity (Wildman–Crippen MR) is 357 cm³/mol. The van der Waals surface area contributed by atoms with E-state index in [1.54, 1.807) is 48.9 Å². The quantitative estimate of drug-likeness (QED) is 0.0492. The van der Waals surface area contributed by atoms with Crippen LogP contribution in [-0.2, 0) is 0 Å². The van der Waals surface area contributed by atoms with Crippen LogP contribution in [0.5, 0.6) is 0 Å². The van der Waals surface area contributed by atoms with E-state index in [4.69, 9.17) is 17.2 Å². The standard InChI is InChI=1S/2C22H29FN6.C21H24F4N6.9H2/c2*1-3-14(4-2)19(24)15-7-6-12-29(13-15)18-10-9-17(23)21(26-18)20-16-8-5-11-25-22(16)28-27-20;1-20(2,21(23,24)25)18(26)12-5-4-10-31(11-12)15-8-7-14(22)17(28-15)16-13-6-3-9-27-19(13)30-29-16;;;;;;;;;/h2*5,8-11,14-15,19H,3-4,6-7,12-13,24H2,1-2H3,(H,25,27,28);3,6-9,12,18H,4-5,10-11,26H2,1-2H3,(H,27,29,30);9*1H. The van der Waals surface area contributed by atoms with E-state index in [1.807, 2.05) is 29.2 Å². The van der Waals surface area contributed by atoms with Crippen molar-refractivity contribution in [3.8, 4) is 34.2 Å². The maximum atomic E-state index is 14.7. The number of alkyl halides is 3. The number of rotatable bonds is 16. The molecular formula is C65H100F6N18. The van der Waals surface area contributed by atoms with Gasteiger partial charge >= 0.3 is 6.18 Å². The number of nitrogens with zero attached hydrogens (tertiary/aromatic N) is 12. The van der Waals surface area contributed by atoms with Crippen molar-refractivity contribution in [3.63, 3.8) is 0 Å². The molecule has 3 aliphatic heterocycles. The summed E-state index contributed by atoms with van der Waals surface area (Å²) >= 11 is 0. The Morgan fingerprint density at radius 1 is 0.494 bits per heavy atom. The van der Waals surface area contributed by atoms with Gasteiger partial charge in [0, 0.05) is 105 Å². The summed E-state index contributed by atoms with van der Waals surface area (Å²) in [6.07, 6.45) is 10.7. The maximum absolute atomic E-state index is 14.7. The largest absolute Gasteiger partial charge is 0.395 e. The number of anilines is 3. The van der Waals surface area contributed by atoms with Crippen molar-refractivity contribution in [2.75, 3.05) is 54.0 Å². The Kier molecular flexibility index (Phi) is 20.1. The molecule has 3 aliphatic rings. The third-order valence-electron chi connectivity index (χ3n) is 18.9. The smallest absolute Gasteiger partial charge is 0.356 e. The summed E-state index contributed by atoms with van der Waals surface area (Å²) in [7, 11) is 0. The monoisotopic (exact) mass is 1250 g/mol. The Morgan fingerprint density at radius 3 is 1.12 bits per heavy atom. The molecule has 3 saturated heterocycles. The number of halogens is 6. The van der Waals surface area contributed by atoms with Crippen molar-refractivity contribution in [1.29, 1.82) is 0 Å². The SMILES string of the molecule is CC(C)(C(N)C1CCCN(c2ccc(F)c(-c3[nH]nc4ncccc34)n2)C1)C(F)(F)F.CCC(CC)C(N)C1CCCN(c2ccc(F)c(-c3[nH]nc4ncccc34)n2)C1.CCC(CC)C(N)C1CCCN(c2ccc(F)c(-c3[nH]nc4ncccc34)n2)C1.[HH].[HH].[HH].[HH].[HH].[HH].[HH].[HH].[HH]. The van der Waals surface area contributed by atoms with Crippen molar-refractivity contribution in [2.24, 2.45) is 52.2 Å². The van der Waals surface area contributed by atoms with Crippen LogP contribution in [0.3, 0.4) is 0 Å². The summed E-state index contributed by atoms with van der Waals surface area (Å²) in [5.41, 5.74) is 21.1. The molecule has 0 radical (unpaired) electrons. The van der Waals surface area contributed by atoms with Crippen LogP contribution in [0, 0.1) is 52.5 Å². The van der Waals surface area contributed by atoms with E-state index in [1.165, 1.54) is 18.2 Å². The first-order valence-electron chi connectivity index (χ1n) is 31.3. The second-order valence-corrected chi connectivity index (χ2v) is 24.5. The number of piperidine rings is 3. The van der Waals surface area contributed by atoms with Crippen molar-refractivity contribution in [2.45, 2.75) is 130 Å². The number of nitrogens with two attached hydrogens (primary N) is 3. The fourth-order valence-electron chi connectivity index (χ4n) is 13.2. The number of fused-ring (bicyclic) bond motifs is 3. The zero-order chi connectivity index (χ0) is 63.1. The summed E-state index contributed by atoms with van der Waals surface area (Å²) in [6.45, 7) is 15.6. The zero-order valence-electron chi connectivity index (χ0n) is 51.5. The van der Waals surface area contributed by atoms with Crippen LogP contribution in [0.15, 0.2) is 91.4 Å². The van der Waals surface area contributed by atoms with Crippen LogP contribution in [0.4, 0.5) is 43.8 Å². The highest BCUT2D eigenvalue weighted by Crippen LogP contribution is 2.44. The number of aromatic amines is 3. The average Bonchev–Trinajstić information content (AvgIpc) is 1.11. The Hall–Kier alpha value is -7.83. The van der Waals surface area contributed by atoms with Gasteiger partial charge in [-0.2, -0.15) is 28.5 Å². The van der Waals surface area contributed by atoms with Gasteiger partial charge in [-0.3, -0.25) is 15.3 Å². The van der Waals surface area contributed by atoms with E-state index in [0.717, 1.165) is 114 Å². The summed E-state index contributed by atoms with van der Waals surface area (Å²) < 4.78 is 84.4. The van der Waals surface area contributed by atoms with E-state index in [2.05, 4.69) is 98.0 Å². The van der Waals surface area contributed by atoms with Crippen LogP contribution in [0.25, 0.3) is 67.3 Å². The molecule has 9 N–H and O–H groups in total. The van der Waals surface area contributed by atoms with Crippen LogP contribution in [0.2, 0.25) is 0 Å². The molecule has 3 fully saturated rings. The van der Waals surface area contributed by atoms with Gasteiger partial charge in [-0.15, -0.1) is 0 Å². The van der Waals surface area contributed by atoms with Crippen molar-refractivity contribution in [3.05, 3.63) is 109 Å². The molecule has 12 rings (SSSR count). The highest BCUT2D eigenvalue weighted by Gasteiger charge is 2.53. The minimum absolute atomic E-state index is 0. The lowest BCUT2D eigenvalue weighted by Crippen LogP contribution is -2.55. The fourth-order valence-corrected chi connectivity index (χ4v) is 13.2. The molecule has 18 nitrogen and oxygen atoms in total. The van der Waals surface area contributed by atoms with Gasteiger partial charge < -0.3 is 31.9 Å². The molecule has 0 aromatic carbocycles. The Morgan fingerprint density at radius 2 is 0.809 bits per heavy atom. The van der Waals surface area contributed by atoms with Gasteiger partial charge in [0.05, 0.1) is 22.5 Å². The molecule has 9 aromatic rings. The fraction of sp³-hybridized carbons (Fsp3) is 0.492. The first-order valence-corrected chi connectivity index (χ1v) is 31.3. The van der Waals surface area contributed by atoms with E-state index >= 15 is 0 Å². The van der Waals surface area contributed by atoms with Crippen molar-refractivity contribution >= 4 is 50.6 Å². The minimum Gasteiger partial charge on any atom is -0.356 e. The first-order chi connectivity index (χ1) is 42.8. The summed E-state index contributed by atoms with van der Waals surface area (Å²) in [4.78, 5) is 32.8. The number of H-pyrrole nitrogens is 3. The molecule has 6 unspecified atom stereocenters. The molecule has 9 aromatic heterocycles. The van der Waals surface area contributed by atoms with Gasteiger partial charge in [0.15, 0.2) is 34.4 Å². The van der Waals surface area contributed by atoms with Crippen LogP contribution >= 0.6 is 0 Å². The second-order valence-electron chi connectivity index (χ2n) is 24.5. The maximum Gasteiger partial charge on any atom is 0.395 e. The van der Waals surface area contributed by atoms with Crippen LogP contribution in [0.1, 0.15) is 119 Å². The summed E-state index contributed by atoms with van der Waals surface area (Å²) in [5, 5.41) is 23.2. The molecule has 6 atom stereocenters. The molecule has 12 heterocycles. The molecule has 0 aliphatic carbocycles. The summed E-state index contributed by atoms with van der Waals surface area (Å²) in [5.74, 6) is 2.38. The number of nitrogens with one attached hydrogen (secondary N) is 3. The zero-order valence-corrected chi connectivity index (χ0v) is 51.5. The molecule has 0 amide bonds. The Balaban J connectivity index is 0.000000703. The number of pyridine rings is 6. The number of hydrogen-bond donors (Lipinski definition) is 6. The normalized spacial score (nSPS) is 18.7. The number of aromatic nitrogens is 12. The minimum atomic E-state index is -4.40. The summed E-state index contributed by atoms with van der Waals surface area (Å²) in [6, 6.07) is 19.6. The highest BCUT2D eigenvalue weighted by atomic mass is 19.4. The third kappa shape index (κ3) is 13.8. The van der Waals surface area contributed by atoms with E-state index in [-0.39, 0.29) is 59.6 Å². The molecular weight excluding hydrogens is 1150 g/mol. The Bertz CT molecular complexity index is 3670. The Labute approximate surface area is 528 Å². The molecule has 24 heteroatoms. The lowest BCUT2D eigenvalue weighted by Gasteiger charge is -2.43. The second kappa shape index (κ2) is 27.9. The van der Waals surface area contributed by atoms with E-state index in [9.17, 15) is 26.3 Å². The predicted octanol–water partition coefficient (Wildman–Crippen LogP) is 14.8. The molecule has 89 heavy (non-hydrogen) atoms. The molecule has 0 bridgehead atoms. The highest BCUT2D eigenvalue weighted by molar-refractivity contribution is 5.91. The van der Waals surface area contributed by atoms with Crippen molar-refractivity contribution < 1.29 is 39.2 Å². The van der Waals surface area contributed by atoms with Crippen molar-refractivity contribution in [1.82, 2.24) is 60.5 Å². The lowest BCUT2D eigenvalue weighted by atomic mass is 9.74. The van der Waals surface area contributed by atoms with Gasteiger partial charge in [-0.1, -0.05) is 53.4 Å². The van der Waals surface area contributed by atoms with E-state index in [0.29, 0.717) is 94.8 Å². The third-order valence-corrected chi connectivity index (χ3v) is 18.9. The van der Waals surface area contributed by atoms with Crippen LogP contribution < -0.4 is 31.9 Å². The molecule has 0 saturated carbocycles. The molecule has 0 spiro atoms. The lowest BCUT2D eigenvalue weighted by molar-refractivity contribution is -0.222. The molecule has 492 valence electrons. The average molecular weight is 1250 g/mol. The number of hydrogen-bond acceptors (Lipinski definition) is 15. The van der Waals surface area contributed by atoms with Gasteiger partial charge in [-0.25, -0.2) is 43.1 Å². The van der Waals surface area contributed by atoms with Gasteiger partial charge in [0.1, 0.15) is 34.5 Å². The topological polar surface area (TPSA) is 251 Å². The van der Waals surface area contributed by atoms with Gasteiger partial charge in [-0.05, 0) is 155 Å². The van der Waals surface area contributed by atoms with E-state index < -0.39 is 23.5 Å². The van der Waals surface area contributed by atoms with Crippen LogP contribution in [-0.4, -0.2) is 124 Å². The first kappa shape index (κ1) is 64.2. The van der Waals surface area contributed by atoms with Gasteiger partial charge in [0.25, 0.3) is 0 Å².